The zero-order valence-corrected chi connectivity index (χ0v) is 12.8. The van der Waals surface area contributed by atoms with Gasteiger partial charge in [0, 0.05) is 4.88 Å². The van der Waals surface area contributed by atoms with Crippen molar-refractivity contribution in [2.24, 2.45) is 0 Å². The summed E-state index contributed by atoms with van der Waals surface area (Å²) in [6.45, 7) is 7.66. The van der Waals surface area contributed by atoms with Gasteiger partial charge >= 0.3 is 5.97 Å². The van der Waals surface area contributed by atoms with Crippen molar-refractivity contribution in [1.82, 2.24) is 5.32 Å². The first-order chi connectivity index (χ1) is 9.53. The van der Waals surface area contributed by atoms with Crippen LogP contribution in [-0.4, -0.2) is 23.0 Å². The van der Waals surface area contributed by atoms with Gasteiger partial charge in [-0.25, -0.2) is 4.79 Å². The van der Waals surface area contributed by atoms with Crippen LogP contribution in [0.15, 0.2) is 18.7 Å². The van der Waals surface area contributed by atoms with Crippen LogP contribution >= 0.6 is 11.3 Å². The van der Waals surface area contributed by atoms with Gasteiger partial charge in [-0.2, -0.15) is 0 Å². The third-order valence-electron chi connectivity index (χ3n) is 2.98. The summed E-state index contributed by atoms with van der Waals surface area (Å²) in [6, 6.07) is 0.958. The van der Waals surface area contributed by atoms with Crippen molar-refractivity contribution in [3.05, 3.63) is 34.0 Å². The number of carboxylic acids is 1. The van der Waals surface area contributed by atoms with Crippen LogP contribution in [0.1, 0.15) is 46.8 Å². The van der Waals surface area contributed by atoms with Gasteiger partial charge in [0.25, 0.3) is 5.91 Å². The average molecular weight is 295 g/mol. The van der Waals surface area contributed by atoms with E-state index in [2.05, 4.69) is 25.7 Å². The van der Waals surface area contributed by atoms with E-state index < -0.39 is 12.0 Å². The van der Waals surface area contributed by atoms with Crippen molar-refractivity contribution in [3.8, 4) is 0 Å². The Kier molecular flexibility index (Phi) is 6.45. The maximum atomic E-state index is 12.1. The van der Waals surface area contributed by atoms with Crippen LogP contribution in [-0.2, 0) is 17.6 Å². The predicted molar refractivity (Wildman–Crippen MR) is 81.4 cm³/mol. The molecule has 0 aliphatic rings. The van der Waals surface area contributed by atoms with Crippen molar-refractivity contribution in [3.63, 3.8) is 0 Å². The smallest absolute Gasteiger partial charge is 0.326 e. The molecule has 1 aromatic heterocycles. The Hall–Kier alpha value is -1.62. The monoisotopic (exact) mass is 295 g/mol. The van der Waals surface area contributed by atoms with Gasteiger partial charge in [-0.05, 0) is 30.9 Å². The van der Waals surface area contributed by atoms with E-state index in [-0.39, 0.29) is 12.3 Å². The molecule has 1 aromatic rings. The molecule has 4 nitrogen and oxygen atoms in total. The van der Waals surface area contributed by atoms with Crippen LogP contribution in [0, 0.1) is 0 Å². The lowest BCUT2D eigenvalue weighted by Gasteiger charge is -2.11. The van der Waals surface area contributed by atoms with E-state index in [9.17, 15) is 9.59 Å². The number of nitrogens with one attached hydrogen (secondary N) is 1. The molecule has 0 aromatic carbocycles. The summed E-state index contributed by atoms with van der Waals surface area (Å²) in [6.07, 6.45) is 4.58. The van der Waals surface area contributed by atoms with Crippen molar-refractivity contribution < 1.29 is 14.7 Å². The fourth-order valence-electron chi connectivity index (χ4n) is 1.93. The minimum absolute atomic E-state index is 0.217. The highest BCUT2D eigenvalue weighted by Gasteiger charge is 2.21. The van der Waals surface area contributed by atoms with Crippen LogP contribution in [0.25, 0.3) is 0 Å². The lowest BCUT2D eigenvalue weighted by Crippen LogP contribution is -2.40. The van der Waals surface area contributed by atoms with E-state index in [0.717, 1.165) is 19.3 Å². The first-order valence-electron chi connectivity index (χ1n) is 6.79. The molecule has 1 heterocycles. The highest BCUT2D eigenvalue weighted by atomic mass is 32.1. The molecule has 0 saturated carbocycles. The summed E-state index contributed by atoms with van der Waals surface area (Å²) in [5.41, 5.74) is 1.18. The second-order valence-corrected chi connectivity index (χ2v) is 5.69. The molecular formula is C15H21NO3S. The van der Waals surface area contributed by atoms with Gasteiger partial charge in [0.15, 0.2) is 0 Å². The minimum Gasteiger partial charge on any atom is -0.480 e. The van der Waals surface area contributed by atoms with Gasteiger partial charge in [-0.15, -0.1) is 17.9 Å². The number of hydrogen-bond acceptors (Lipinski definition) is 3. The molecule has 1 amide bonds. The Balaban J connectivity index is 2.85. The standard InChI is InChI=1S/C15H21NO3S/c1-4-7-11(15(18)19)16-14(17)13-9-10(6-3)12(20-13)8-5-2/h4,9,11H,1,5-8H2,2-3H3,(H,16,17)(H,18,19). The first kappa shape index (κ1) is 16.4. The number of thiophene rings is 1. The van der Waals surface area contributed by atoms with Gasteiger partial charge < -0.3 is 10.4 Å². The molecule has 0 radical (unpaired) electrons. The minimum atomic E-state index is -1.04. The van der Waals surface area contributed by atoms with Crippen molar-refractivity contribution in [2.75, 3.05) is 0 Å². The summed E-state index contributed by atoms with van der Waals surface area (Å²) < 4.78 is 0. The topological polar surface area (TPSA) is 66.4 Å². The molecule has 0 aliphatic heterocycles. The lowest BCUT2D eigenvalue weighted by atomic mass is 10.1. The summed E-state index contributed by atoms with van der Waals surface area (Å²) in [7, 11) is 0. The van der Waals surface area contributed by atoms with Crippen LogP contribution in [0.4, 0.5) is 0 Å². The first-order valence-corrected chi connectivity index (χ1v) is 7.61. The van der Waals surface area contributed by atoms with Gasteiger partial charge in [0.1, 0.15) is 6.04 Å². The van der Waals surface area contributed by atoms with Crippen molar-refractivity contribution in [2.45, 2.75) is 45.6 Å². The Morgan fingerprint density at radius 2 is 2.20 bits per heavy atom. The third kappa shape index (κ3) is 4.20. The molecule has 2 N–H and O–H groups in total. The summed E-state index contributed by atoms with van der Waals surface area (Å²) in [5, 5.41) is 11.6. The van der Waals surface area contributed by atoms with E-state index in [1.807, 2.05) is 6.07 Å². The van der Waals surface area contributed by atoms with E-state index in [1.165, 1.54) is 27.9 Å². The molecule has 110 valence electrons. The number of carboxylic acid groups (broad SMARTS) is 1. The van der Waals surface area contributed by atoms with E-state index in [1.54, 1.807) is 0 Å². The lowest BCUT2D eigenvalue weighted by molar-refractivity contribution is -0.139. The number of carbonyl (C=O) groups excluding carboxylic acids is 1. The quantitative estimate of drug-likeness (QED) is 0.724. The van der Waals surface area contributed by atoms with Crippen LogP contribution in [0.3, 0.4) is 0 Å². The molecule has 0 bridgehead atoms. The third-order valence-corrected chi connectivity index (χ3v) is 4.22. The number of aryl methyl sites for hydroxylation is 2. The molecule has 0 fully saturated rings. The Bertz CT molecular complexity index is 493. The van der Waals surface area contributed by atoms with Gasteiger partial charge in [-0.3, -0.25) is 4.79 Å². The molecule has 5 heteroatoms. The summed E-state index contributed by atoms with van der Waals surface area (Å²) in [4.78, 5) is 25.0. The van der Waals surface area contributed by atoms with Gasteiger partial charge in [-0.1, -0.05) is 26.3 Å². The average Bonchev–Trinajstić information content (AvgIpc) is 2.81. The SMILES string of the molecule is C=CCC(NC(=O)c1cc(CC)c(CCC)s1)C(=O)O. The second kappa shape index (κ2) is 7.85. The molecule has 1 unspecified atom stereocenters. The number of carbonyl (C=O) groups is 2. The largest absolute Gasteiger partial charge is 0.480 e. The number of rotatable bonds is 8. The zero-order valence-electron chi connectivity index (χ0n) is 11.9. The highest BCUT2D eigenvalue weighted by Crippen LogP contribution is 2.24. The fourth-order valence-corrected chi connectivity index (χ4v) is 3.19. The van der Waals surface area contributed by atoms with E-state index in [0.29, 0.717) is 4.88 Å². The van der Waals surface area contributed by atoms with Crippen molar-refractivity contribution in [1.29, 1.82) is 0 Å². The Labute approximate surface area is 123 Å². The van der Waals surface area contributed by atoms with Crippen LogP contribution < -0.4 is 5.32 Å². The van der Waals surface area contributed by atoms with Crippen LogP contribution in [0.2, 0.25) is 0 Å². The summed E-state index contributed by atoms with van der Waals surface area (Å²) in [5.74, 6) is -1.36. The Morgan fingerprint density at radius 3 is 2.70 bits per heavy atom. The maximum absolute atomic E-state index is 12.1. The van der Waals surface area contributed by atoms with Gasteiger partial charge in [0.05, 0.1) is 4.88 Å². The Morgan fingerprint density at radius 1 is 1.50 bits per heavy atom. The predicted octanol–water partition coefficient (Wildman–Crippen LogP) is 3.02. The summed E-state index contributed by atoms with van der Waals surface area (Å²) >= 11 is 1.46. The molecule has 1 atom stereocenters. The molecular weight excluding hydrogens is 274 g/mol. The van der Waals surface area contributed by atoms with E-state index in [4.69, 9.17) is 5.11 Å². The zero-order chi connectivity index (χ0) is 15.1. The van der Waals surface area contributed by atoms with Gasteiger partial charge in [0.2, 0.25) is 0 Å². The molecule has 0 spiro atoms. The van der Waals surface area contributed by atoms with E-state index >= 15 is 0 Å². The molecule has 1 rings (SSSR count). The molecule has 0 aliphatic carbocycles. The molecule has 0 saturated heterocycles. The molecule has 20 heavy (non-hydrogen) atoms. The fraction of sp³-hybridized carbons (Fsp3) is 0.467. The number of amides is 1. The number of hydrogen-bond donors (Lipinski definition) is 2. The highest BCUT2D eigenvalue weighted by molar-refractivity contribution is 7.14. The second-order valence-electron chi connectivity index (χ2n) is 4.55. The van der Waals surface area contributed by atoms with Crippen molar-refractivity contribution >= 4 is 23.2 Å². The number of aliphatic carboxylic acids is 1. The van der Waals surface area contributed by atoms with Crippen LogP contribution in [0.5, 0.6) is 0 Å². The normalized spacial score (nSPS) is 11.9. The maximum Gasteiger partial charge on any atom is 0.326 e.